The third-order valence-corrected chi connectivity index (χ3v) is 5.93. The summed E-state index contributed by atoms with van der Waals surface area (Å²) in [5.74, 6) is 0.929. The highest BCUT2D eigenvalue weighted by atomic mass is 32.2. The van der Waals surface area contributed by atoms with Crippen LogP contribution in [0.3, 0.4) is 0 Å². The number of hydrogen-bond donors (Lipinski definition) is 1. The molecule has 0 aliphatic carbocycles. The molecule has 8 heteroatoms. The number of benzene rings is 2. The molecule has 7 nitrogen and oxygen atoms in total. The highest BCUT2D eigenvalue weighted by Crippen LogP contribution is 2.27. The lowest BCUT2D eigenvalue weighted by Gasteiger charge is -2.30. The summed E-state index contributed by atoms with van der Waals surface area (Å²) in [5, 5.41) is 2.87. The molecular formula is C22H30N2O5S. The van der Waals surface area contributed by atoms with Crippen molar-refractivity contribution in [3.63, 3.8) is 0 Å². The van der Waals surface area contributed by atoms with Gasteiger partial charge in [-0.15, -0.1) is 0 Å². The number of aryl methyl sites for hydroxylation is 1. The van der Waals surface area contributed by atoms with E-state index in [1.54, 1.807) is 39.3 Å². The fraction of sp³-hybridized carbons (Fsp3) is 0.409. The predicted molar refractivity (Wildman–Crippen MR) is 119 cm³/mol. The van der Waals surface area contributed by atoms with Gasteiger partial charge in [0.1, 0.15) is 6.04 Å². The first kappa shape index (κ1) is 23.5. The van der Waals surface area contributed by atoms with Crippen molar-refractivity contribution < 1.29 is 22.7 Å². The summed E-state index contributed by atoms with van der Waals surface area (Å²) in [6, 6.07) is 11.9. The highest BCUT2D eigenvalue weighted by molar-refractivity contribution is 7.92. The Morgan fingerprint density at radius 2 is 1.80 bits per heavy atom. The molecule has 1 N–H and O–H groups in total. The molecule has 0 aliphatic rings. The Labute approximate surface area is 179 Å². The monoisotopic (exact) mass is 434 g/mol. The lowest BCUT2D eigenvalue weighted by atomic mass is 10.1. The fourth-order valence-electron chi connectivity index (χ4n) is 3.31. The normalized spacial score (nSPS) is 12.2. The van der Waals surface area contributed by atoms with E-state index in [1.165, 1.54) is 4.31 Å². The Morgan fingerprint density at radius 3 is 2.37 bits per heavy atom. The quantitative estimate of drug-likeness (QED) is 0.622. The van der Waals surface area contributed by atoms with E-state index < -0.39 is 16.1 Å². The SMILES string of the molecule is CCC(C(=O)NCCc1ccc(OC)c(OC)c1)N(c1cccc(C)c1)S(C)(=O)=O. The molecule has 164 valence electrons. The minimum absolute atomic E-state index is 0.329. The van der Waals surface area contributed by atoms with Gasteiger partial charge in [-0.05, 0) is 55.2 Å². The Bertz CT molecular complexity index is 975. The van der Waals surface area contributed by atoms with Crippen molar-refractivity contribution in [3.05, 3.63) is 53.6 Å². The van der Waals surface area contributed by atoms with Gasteiger partial charge in [0.25, 0.3) is 0 Å². The second kappa shape index (κ2) is 10.3. The average Bonchev–Trinajstić information content (AvgIpc) is 2.70. The van der Waals surface area contributed by atoms with E-state index in [1.807, 2.05) is 31.2 Å². The zero-order valence-corrected chi connectivity index (χ0v) is 19.0. The van der Waals surface area contributed by atoms with Gasteiger partial charge in [0.2, 0.25) is 15.9 Å². The maximum absolute atomic E-state index is 12.9. The molecule has 0 fully saturated rings. The van der Waals surface area contributed by atoms with Crippen LogP contribution in [-0.2, 0) is 21.2 Å². The van der Waals surface area contributed by atoms with Crippen molar-refractivity contribution in [2.24, 2.45) is 0 Å². The fourth-order valence-corrected chi connectivity index (χ4v) is 4.51. The predicted octanol–water partition coefficient (Wildman–Crippen LogP) is 2.92. The molecular weight excluding hydrogens is 404 g/mol. The molecule has 2 aromatic carbocycles. The van der Waals surface area contributed by atoms with Gasteiger partial charge in [-0.2, -0.15) is 0 Å². The van der Waals surface area contributed by atoms with Gasteiger partial charge >= 0.3 is 0 Å². The maximum Gasteiger partial charge on any atom is 0.243 e. The smallest absolute Gasteiger partial charge is 0.243 e. The minimum atomic E-state index is -3.64. The van der Waals surface area contributed by atoms with Crippen LogP contribution in [-0.4, -0.2) is 47.4 Å². The Hall–Kier alpha value is -2.74. The van der Waals surface area contributed by atoms with Gasteiger partial charge < -0.3 is 14.8 Å². The van der Waals surface area contributed by atoms with Gasteiger partial charge in [-0.1, -0.05) is 25.1 Å². The standard InChI is InChI=1S/C22H30N2O5S/c1-6-19(24(30(5,26)27)18-9-7-8-16(2)14-18)22(25)23-13-12-17-10-11-20(28-3)21(15-17)29-4/h7-11,14-15,19H,6,12-13H2,1-5H3,(H,23,25). The van der Waals surface area contributed by atoms with Gasteiger partial charge in [-0.25, -0.2) is 8.42 Å². The Kier molecular flexibility index (Phi) is 8.11. The van der Waals surface area contributed by atoms with E-state index in [-0.39, 0.29) is 5.91 Å². The molecule has 0 bridgehead atoms. The zero-order chi connectivity index (χ0) is 22.3. The van der Waals surface area contributed by atoms with Gasteiger partial charge in [0.15, 0.2) is 11.5 Å². The lowest BCUT2D eigenvalue weighted by molar-refractivity contribution is -0.122. The number of carbonyl (C=O) groups is 1. The number of methoxy groups -OCH3 is 2. The van der Waals surface area contributed by atoms with E-state index in [9.17, 15) is 13.2 Å². The van der Waals surface area contributed by atoms with E-state index in [4.69, 9.17) is 9.47 Å². The third-order valence-electron chi connectivity index (χ3n) is 4.75. The molecule has 0 heterocycles. The van der Waals surface area contributed by atoms with Crippen LogP contribution in [0.5, 0.6) is 11.5 Å². The van der Waals surface area contributed by atoms with E-state index in [0.717, 1.165) is 17.4 Å². The van der Waals surface area contributed by atoms with Crippen molar-refractivity contribution in [2.45, 2.75) is 32.7 Å². The largest absolute Gasteiger partial charge is 0.493 e. The second-order valence-electron chi connectivity index (χ2n) is 7.05. The molecule has 1 atom stereocenters. The van der Waals surface area contributed by atoms with Crippen LogP contribution in [0, 0.1) is 6.92 Å². The molecule has 0 saturated heterocycles. The van der Waals surface area contributed by atoms with Gasteiger partial charge in [-0.3, -0.25) is 9.10 Å². The molecule has 30 heavy (non-hydrogen) atoms. The summed E-state index contributed by atoms with van der Waals surface area (Å²) in [6.07, 6.45) is 2.05. The number of nitrogens with one attached hydrogen (secondary N) is 1. The summed E-state index contributed by atoms with van der Waals surface area (Å²) in [5.41, 5.74) is 2.38. The molecule has 1 amide bonds. The Morgan fingerprint density at radius 1 is 1.10 bits per heavy atom. The summed E-state index contributed by atoms with van der Waals surface area (Å²) in [4.78, 5) is 12.9. The summed E-state index contributed by atoms with van der Waals surface area (Å²) >= 11 is 0. The zero-order valence-electron chi connectivity index (χ0n) is 18.1. The Balaban J connectivity index is 2.13. The van der Waals surface area contributed by atoms with E-state index in [0.29, 0.717) is 36.6 Å². The maximum atomic E-state index is 12.9. The minimum Gasteiger partial charge on any atom is -0.493 e. The lowest BCUT2D eigenvalue weighted by Crippen LogP contribution is -2.49. The third kappa shape index (κ3) is 5.89. The first-order valence-electron chi connectivity index (χ1n) is 9.76. The van der Waals surface area contributed by atoms with Gasteiger partial charge in [0, 0.05) is 6.54 Å². The number of anilines is 1. The van der Waals surface area contributed by atoms with Crippen molar-refractivity contribution in [1.29, 1.82) is 0 Å². The van der Waals surface area contributed by atoms with E-state index in [2.05, 4.69) is 5.32 Å². The van der Waals surface area contributed by atoms with E-state index >= 15 is 0 Å². The molecule has 0 saturated carbocycles. The first-order chi connectivity index (χ1) is 14.2. The molecule has 0 aliphatic heterocycles. The first-order valence-corrected chi connectivity index (χ1v) is 11.6. The van der Waals surface area contributed by atoms with Crippen LogP contribution >= 0.6 is 0 Å². The van der Waals surface area contributed by atoms with Crippen LogP contribution in [0.1, 0.15) is 24.5 Å². The summed E-state index contributed by atoms with van der Waals surface area (Å²) < 4.78 is 36.7. The summed E-state index contributed by atoms with van der Waals surface area (Å²) in [7, 11) is -0.499. The number of ether oxygens (including phenoxy) is 2. The van der Waals surface area contributed by atoms with Crippen molar-refractivity contribution in [2.75, 3.05) is 31.3 Å². The number of hydrogen-bond acceptors (Lipinski definition) is 5. The van der Waals surface area contributed by atoms with Crippen LogP contribution in [0.25, 0.3) is 0 Å². The van der Waals surface area contributed by atoms with Crippen molar-refractivity contribution in [1.82, 2.24) is 5.32 Å². The van der Waals surface area contributed by atoms with Crippen molar-refractivity contribution >= 4 is 21.6 Å². The van der Waals surface area contributed by atoms with Crippen LogP contribution in [0.15, 0.2) is 42.5 Å². The second-order valence-corrected chi connectivity index (χ2v) is 8.91. The molecule has 1 unspecified atom stereocenters. The van der Waals surface area contributed by atoms with Crippen molar-refractivity contribution in [3.8, 4) is 11.5 Å². The summed E-state index contributed by atoms with van der Waals surface area (Å²) in [6.45, 7) is 4.05. The molecule has 0 radical (unpaired) electrons. The van der Waals surface area contributed by atoms with Crippen LogP contribution in [0.2, 0.25) is 0 Å². The average molecular weight is 435 g/mol. The molecule has 0 aromatic heterocycles. The number of sulfonamides is 1. The topological polar surface area (TPSA) is 84.9 Å². The molecule has 2 aromatic rings. The van der Waals surface area contributed by atoms with Crippen LogP contribution < -0.4 is 19.1 Å². The number of carbonyl (C=O) groups excluding carboxylic acids is 1. The van der Waals surface area contributed by atoms with Crippen LogP contribution in [0.4, 0.5) is 5.69 Å². The molecule has 2 rings (SSSR count). The number of amides is 1. The van der Waals surface area contributed by atoms with Gasteiger partial charge in [0.05, 0.1) is 26.2 Å². The number of nitrogens with zero attached hydrogens (tertiary/aromatic N) is 1. The molecule has 0 spiro atoms. The highest BCUT2D eigenvalue weighted by Gasteiger charge is 2.31. The number of rotatable bonds is 10.